The number of rotatable bonds is 3. The Kier molecular flexibility index (Phi) is 3.03. The van der Waals surface area contributed by atoms with Gasteiger partial charge < -0.3 is 10.0 Å². The summed E-state index contributed by atoms with van der Waals surface area (Å²) >= 11 is 0. The molecule has 2 aliphatic heterocycles. The van der Waals surface area contributed by atoms with Crippen molar-refractivity contribution in [2.24, 2.45) is 5.92 Å². The van der Waals surface area contributed by atoms with Crippen molar-refractivity contribution < 1.29 is 14.7 Å². The van der Waals surface area contributed by atoms with E-state index in [0.29, 0.717) is 18.8 Å². The summed E-state index contributed by atoms with van der Waals surface area (Å²) in [7, 11) is 0. The molecule has 1 saturated carbocycles. The van der Waals surface area contributed by atoms with Gasteiger partial charge in [-0.3, -0.25) is 9.59 Å². The number of carbonyl (C=O) groups is 2. The first-order valence-corrected chi connectivity index (χ1v) is 8.27. The Bertz CT molecular complexity index is 641. The number of benzene rings is 1. The largest absolute Gasteiger partial charge is 0.481 e. The van der Waals surface area contributed by atoms with Gasteiger partial charge in [-0.2, -0.15) is 0 Å². The highest BCUT2D eigenvalue weighted by atomic mass is 16.4. The number of hydrogen-bond acceptors (Lipinski definition) is 2. The van der Waals surface area contributed by atoms with Crippen molar-refractivity contribution >= 4 is 17.6 Å². The van der Waals surface area contributed by atoms with Gasteiger partial charge in [0.15, 0.2) is 0 Å². The quantitative estimate of drug-likeness (QED) is 0.933. The number of carboxylic acids is 1. The van der Waals surface area contributed by atoms with Crippen LogP contribution in [0.2, 0.25) is 0 Å². The van der Waals surface area contributed by atoms with Crippen LogP contribution in [-0.2, 0) is 15.0 Å². The molecule has 2 fully saturated rings. The molecule has 1 amide bonds. The van der Waals surface area contributed by atoms with Crippen molar-refractivity contribution in [1.29, 1.82) is 0 Å². The van der Waals surface area contributed by atoms with Crippen molar-refractivity contribution in [2.75, 3.05) is 4.90 Å². The average Bonchev–Trinajstić information content (AvgIpc) is 2.82. The summed E-state index contributed by atoms with van der Waals surface area (Å²) in [6.07, 6.45) is 5.72. The molecule has 2 heterocycles. The van der Waals surface area contributed by atoms with Gasteiger partial charge in [-0.05, 0) is 43.2 Å². The molecule has 0 spiro atoms. The number of para-hydroxylation sites is 1. The Balaban J connectivity index is 1.86. The number of piperidine rings is 1. The molecule has 0 aromatic heterocycles. The standard InChI is InChI=1S/C18H21NO3/c20-15-8-7-12-4-3-10-18(11-9-16(21)22)13-5-1-2-6-14(13)19(15)17(12)18/h1-2,5-6,12,17H,3-4,7-11H2,(H,21,22). The zero-order valence-electron chi connectivity index (χ0n) is 12.6. The Labute approximate surface area is 130 Å². The summed E-state index contributed by atoms with van der Waals surface area (Å²) in [5.41, 5.74) is 2.10. The van der Waals surface area contributed by atoms with E-state index >= 15 is 0 Å². The SMILES string of the molecule is O=C(O)CCC12CCCC3CCC(=O)N(c4ccccc41)C32. The first-order valence-electron chi connectivity index (χ1n) is 8.27. The molecule has 3 aliphatic rings. The Morgan fingerprint density at radius 1 is 1.32 bits per heavy atom. The summed E-state index contributed by atoms with van der Waals surface area (Å²) < 4.78 is 0. The lowest BCUT2D eigenvalue weighted by Crippen LogP contribution is -2.56. The van der Waals surface area contributed by atoms with Crippen LogP contribution in [-0.4, -0.2) is 23.0 Å². The molecule has 1 N–H and O–H groups in total. The fourth-order valence-electron chi connectivity index (χ4n) is 5.20. The minimum atomic E-state index is -0.741. The molecule has 1 saturated heterocycles. The molecule has 1 aliphatic carbocycles. The van der Waals surface area contributed by atoms with E-state index in [1.165, 1.54) is 5.56 Å². The summed E-state index contributed by atoms with van der Waals surface area (Å²) in [4.78, 5) is 25.7. The number of nitrogens with zero attached hydrogens (tertiary/aromatic N) is 1. The third kappa shape index (κ3) is 1.76. The molecule has 4 rings (SSSR count). The van der Waals surface area contributed by atoms with Crippen LogP contribution in [0.3, 0.4) is 0 Å². The third-order valence-electron chi connectivity index (χ3n) is 5.97. The zero-order chi connectivity index (χ0) is 15.3. The molecule has 0 radical (unpaired) electrons. The normalized spacial score (nSPS) is 32.5. The van der Waals surface area contributed by atoms with Crippen molar-refractivity contribution in [3.05, 3.63) is 29.8 Å². The van der Waals surface area contributed by atoms with Gasteiger partial charge in [0.2, 0.25) is 5.91 Å². The van der Waals surface area contributed by atoms with Crippen LogP contribution in [0, 0.1) is 5.92 Å². The van der Waals surface area contributed by atoms with Crippen molar-refractivity contribution in [1.82, 2.24) is 0 Å². The van der Waals surface area contributed by atoms with E-state index in [1.807, 2.05) is 23.1 Å². The van der Waals surface area contributed by atoms with Crippen LogP contribution < -0.4 is 4.90 Å². The second-order valence-electron chi connectivity index (χ2n) is 6.97. The van der Waals surface area contributed by atoms with E-state index in [1.54, 1.807) is 0 Å². The lowest BCUT2D eigenvalue weighted by Gasteiger charge is -2.49. The van der Waals surface area contributed by atoms with Crippen LogP contribution in [0.1, 0.15) is 50.5 Å². The first kappa shape index (κ1) is 13.8. The first-order chi connectivity index (χ1) is 10.6. The van der Waals surface area contributed by atoms with E-state index < -0.39 is 5.97 Å². The molecule has 1 aromatic carbocycles. The number of carboxylic acid groups (broad SMARTS) is 1. The second kappa shape index (κ2) is 4.83. The fourth-order valence-corrected chi connectivity index (χ4v) is 5.20. The van der Waals surface area contributed by atoms with E-state index in [9.17, 15) is 14.7 Å². The highest BCUT2D eigenvalue weighted by Crippen LogP contribution is 2.58. The van der Waals surface area contributed by atoms with Crippen LogP contribution in [0.25, 0.3) is 0 Å². The maximum Gasteiger partial charge on any atom is 0.303 e. The molecule has 22 heavy (non-hydrogen) atoms. The van der Waals surface area contributed by atoms with Gasteiger partial charge in [0.1, 0.15) is 0 Å². The summed E-state index contributed by atoms with van der Waals surface area (Å²) in [5, 5.41) is 9.18. The smallest absolute Gasteiger partial charge is 0.303 e. The molecular formula is C18H21NO3. The fraction of sp³-hybridized carbons (Fsp3) is 0.556. The van der Waals surface area contributed by atoms with Gasteiger partial charge >= 0.3 is 5.97 Å². The van der Waals surface area contributed by atoms with E-state index in [0.717, 1.165) is 31.4 Å². The zero-order valence-corrected chi connectivity index (χ0v) is 12.6. The molecule has 4 nitrogen and oxygen atoms in total. The minimum Gasteiger partial charge on any atom is -0.481 e. The van der Waals surface area contributed by atoms with E-state index in [4.69, 9.17) is 0 Å². The molecule has 0 bridgehead atoms. The molecular weight excluding hydrogens is 278 g/mol. The van der Waals surface area contributed by atoms with Gasteiger partial charge in [0, 0.05) is 30.0 Å². The van der Waals surface area contributed by atoms with Crippen LogP contribution in [0.5, 0.6) is 0 Å². The summed E-state index contributed by atoms with van der Waals surface area (Å²) in [6.45, 7) is 0. The average molecular weight is 299 g/mol. The number of carbonyl (C=O) groups excluding carboxylic acids is 1. The number of hydrogen-bond donors (Lipinski definition) is 1. The highest BCUT2D eigenvalue weighted by Gasteiger charge is 2.58. The lowest BCUT2D eigenvalue weighted by atomic mass is 9.60. The maximum atomic E-state index is 12.6. The van der Waals surface area contributed by atoms with Crippen molar-refractivity contribution in [2.45, 2.75) is 56.4 Å². The molecule has 3 unspecified atom stereocenters. The predicted octanol–water partition coefficient (Wildman–Crippen LogP) is 3.10. The second-order valence-corrected chi connectivity index (χ2v) is 6.97. The molecule has 3 atom stereocenters. The lowest BCUT2D eigenvalue weighted by molar-refractivity contribution is -0.137. The summed E-state index contributed by atoms with van der Waals surface area (Å²) in [5.74, 6) is -0.00462. The Morgan fingerprint density at radius 3 is 2.95 bits per heavy atom. The van der Waals surface area contributed by atoms with Gasteiger partial charge in [0.25, 0.3) is 0 Å². The van der Waals surface area contributed by atoms with Gasteiger partial charge in [-0.25, -0.2) is 0 Å². The minimum absolute atomic E-state index is 0.145. The van der Waals surface area contributed by atoms with Crippen LogP contribution >= 0.6 is 0 Å². The van der Waals surface area contributed by atoms with Gasteiger partial charge in [-0.15, -0.1) is 0 Å². The van der Waals surface area contributed by atoms with Crippen LogP contribution in [0.4, 0.5) is 5.69 Å². The predicted molar refractivity (Wildman–Crippen MR) is 82.8 cm³/mol. The van der Waals surface area contributed by atoms with Crippen molar-refractivity contribution in [3.63, 3.8) is 0 Å². The molecule has 116 valence electrons. The van der Waals surface area contributed by atoms with Gasteiger partial charge in [0.05, 0.1) is 0 Å². The van der Waals surface area contributed by atoms with Crippen LogP contribution in [0.15, 0.2) is 24.3 Å². The monoisotopic (exact) mass is 299 g/mol. The number of amides is 1. The Hall–Kier alpha value is -1.84. The Morgan fingerprint density at radius 2 is 2.14 bits per heavy atom. The third-order valence-corrected chi connectivity index (χ3v) is 5.97. The number of aliphatic carboxylic acids is 1. The highest BCUT2D eigenvalue weighted by molar-refractivity contribution is 5.98. The molecule has 4 heteroatoms. The number of anilines is 1. The van der Waals surface area contributed by atoms with Crippen molar-refractivity contribution in [3.8, 4) is 0 Å². The topological polar surface area (TPSA) is 57.6 Å². The number of fused-ring (bicyclic) bond motifs is 3. The molecule has 1 aromatic rings. The van der Waals surface area contributed by atoms with Gasteiger partial charge in [-0.1, -0.05) is 24.6 Å². The maximum absolute atomic E-state index is 12.6. The van der Waals surface area contributed by atoms with E-state index in [2.05, 4.69) is 6.07 Å². The van der Waals surface area contributed by atoms with E-state index in [-0.39, 0.29) is 23.8 Å². The summed E-state index contributed by atoms with van der Waals surface area (Å²) in [6, 6.07) is 8.34.